The van der Waals surface area contributed by atoms with Crippen LogP contribution in [0.1, 0.15) is 0 Å². The third kappa shape index (κ3) is 2.41. The molecule has 53 valence electrons. The fourth-order valence-corrected chi connectivity index (χ4v) is 3.92. The van der Waals surface area contributed by atoms with E-state index in [9.17, 15) is 10.1 Å². The summed E-state index contributed by atoms with van der Waals surface area (Å²) in [7, 11) is 5.67. The van der Waals surface area contributed by atoms with Crippen molar-refractivity contribution in [3.05, 3.63) is 34.4 Å². The van der Waals surface area contributed by atoms with E-state index in [-0.39, 0.29) is 5.69 Å². The first-order valence-electron chi connectivity index (χ1n) is 2.95. The second-order valence-corrected chi connectivity index (χ2v) is 8.31. The van der Waals surface area contributed by atoms with Gasteiger partial charge in [-0.15, -0.1) is 0 Å². The number of halogens is 1. The van der Waals surface area contributed by atoms with Crippen LogP contribution in [0.25, 0.3) is 0 Å². The Morgan fingerprint density at radius 3 is 3.00 bits per heavy atom. The molecule has 0 fully saturated rings. The zero-order chi connectivity index (χ0) is 8.27. The average molecular weight is 357 g/mol. The van der Waals surface area contributed by atoms with E-state index in [0.29, 0.717) is 0 Å². The molecular formula is C6H3ClHgNO2. The summed E-state index contributed by atoms with van der Waals surface area (Å²) in [4.78, 5) is 9.82. The average Bonchev–Trinajstić information content (AvgIpc) is 2.05. The Labute approximate surface area is 79.4 Å². The monoisotopic (exact) mass is 358 g/mol. The SMILES string of the molecule is O=[N+]([O-])c1cc[c][c]([Hg][Cl])c1. The van der Waals surface area contributed by atoms with Crippen LogP contribution in [0.2, 0.25) is 0 Å². The van der Waals surface area contributed by atoms with E-state index in [1.807, 2.05) is 0 Å². The predicted molar refractivity (Wildman–Crippen MR) is 37.4 cm³/mol. The van der Waals surface area contributed by atoms with Crippen LogP contribution in [0.3, 0.4) is 0 Å². The summed E-state index contributed by atoms with van der Waals surface area (Å²) in [6.45, 7) is 0. The molecule has 3 nitrogen and oxygen atoms in total. The van der Waals surface area contributed by atoms with Crippen LogP contribution in [0.15, 0.2) is 18.2 Å². The Hall–Kier alpha value is -0.155. The van der Waals surface area contributed by atoms with Gasteiger partial charge in [0.25, 0.3) is 0 Å². The number of hydrogen-bond donors (Lipinski definition) is 0. The molecule has 0 saturated carbocycles. The number of benzene rings is 1. The Balaban J connectivity index is 3.01. The van der Waals surface area contributed by atoms with Crippen molar-refractivity contribution in [3.63, 3.8) is 0 Å². The van der Waals surface area contributed by atoms with Gasteiger partial charge in [0.15, 0.2) is 0 Å². The molecule has 0 aliphatic rings. The summed E-state index contributed by atoms with van der Waals surface area (Å²) < 4.78 is 0.862. The minimum absolute atomic E-state index is 0.111. The second-order valence-electron chi connectivity index (χ2n) is 1.96. The van der Waals surface area contributed by atoms with Crippen molar-refractivity contribution in [1.82, 2.24) is 0 Å². The zero-order valence-electron chi connectivity index (χ0n) is 5.58. The van der Waals surface area contributed by atoms with Crippen molar-refractivity contribution in [2.75, 3.05) is 0 Å². The normalized spacial score (nSPS) is 8.82. The maximum atomic E-state index is 10.2. The van der Waals surface area contributed by atoms with Crippen LogP contribution in [0.4, 0.5) is 5.69 Å². The molecular weight excluding hydrogens is 354 g/mol. The van der Waals surface area contributed by atoms with Crippen LogP contribution in [-0.4, -0.2) is 4.92 Å². The quantitative estimate of drug-likeness (QED) is 0.454. The number of rotatable bonds is 2. The van der Waals surface area contributed by atoms with E-state index in [0.717, 1.165) is 3.07 Å². The number of non-ortho nitro benzene ring substituents is 1. The third-order valence-corrected chi connectivity index (χ3v) is 6.43. The molecule has 0 bridgehead atoms. The molecule has 11 heavy (non-hydrogen) atoms. The van der Waals surface area contributed by atoms with Gasteiger partial charge in [0.1, 0.15) is 0 Å². The van der Waals surface area contributed by atoms with Crippen LogP contribution in [0.5, 0.6) is 0 Å². The van der Waals surface area contributed by atoms with Crippen LogP contribution >= 0.6 is 8.25 Å². The molecule has 0 aliphatic carbocycles. The summed E-state index contributed by atoms with van der Waals surface area (Å²) in [6, 6.07) is 7.36. The molecule has 0 aromatic heterocycles. The van der Waals surface area contributed by atoms with Crippen LogP contribution in [-0.2, 0) is 23.3 Å². The Kier molecular flexibility index (Phi) is 3.26. The molecule has 0 atom stereocenters. The van der Waals surface area contributed by atoms with Crippen LogP contribution in [0, 0.1) is 16.2 Å². The molecule has 0 spiro atoms. The molecule has 0 saturated heterocycles. The fourth-order valence-electron chi connectivity index (χ4n) is 0.693. The minimum atomic E-state index is -1.51. The Morgan fingerprint density at radius 1 is 1.73 bits per heavy atom. The summed E-state index contributed by atoms with van der Waals surface area (Å²) in [5.41, 5.74) is 0.111. The second kappa shape index (κ2) is 4.02. The predicted octanol–water partition coefficient (Wildman–Crippen LogP) is 1.26. The van der Waals surface area contributed by atoms with E-state index in [4.69, 9.17) is 8.25 Å². The number of nitro groups is 1. The molecule has 0 N–H and O–H groups in total. The molecule has 0 amide bonds. The molecule has 1 aromatic rings. The Bertz CT molecular complexity index is 279. The van der Waals surface area contributed by atoms with Crippen molar-refractivity contribution in [2.45, 2.75) is 0 Å². The third-order valence-electron chi connectivity index (χ3n) is 1.20. The molecule has 1 radical (unpaired) electrons. The van der Waals surface area contributed by atoms with E-state index in [1.165, 1.54) is 12.1 Å². The van der Waals surface area contributed by atoms with Crippen molar-refractivity contribution in [1.29, 1.82) is 0 Å². The van der Waals surface area contributed by atoms with E-state index in [1.54, 1.807) is 6.07 Å². The summed E-state index contributed by atoms with van der Waals surface area (Å²) in [5, 5.41) is 10.2. The van der Waals surface area contributed by atoms with Gasteiger partial charge in [-0.25, -0.2) is 0 Å². The topological polar surface area (TPSA) is 43.1 Å². The molecule has 5 heteroatoms. The number of hydrogen-bond acceptors (Lipinski definition) is 2. The zero-order valence-corrected chi connectivity index (χ0v) is 11.8. The fraction of sp³-hybridized carbons (Fsp3) is 0. The van der Waals surface area contributed by atoms with Gasteiger partial charge in [-0.1, -0.05) is 0 Å². The molecule has 0 aliphatic heterocycles. The van der Waals surface area contributed by atoms with Crippen molar-refractivity contribution >= 4 is 17.0 Å². The molecule has 1 aromatic carbocycles. The van der Waals surface area contributed by atoms with Crippen molar-refractivity contribution in [3.8, 4) is 0 Å². The van der Waals surface area contributed by atoms with Gasteiger partial charge in [0.05, 0.1) is 0 Å². The van der Waals surface area contributed by atoms with Gasteiger partial charge in [-0.3, -0.25) is 0 Å². The number of nitro benzene ring substituents is 1. The Morgan fingerprint density at radius 2 is 2.45 bits per heavy atom. The van der Waals surface area contributed by atoms with Crippen molar-refractivity contribution in [2.24, 2.45) is 0 Å². The van der Waals surface area contributed by atoms with Gasteiger partial charge >= 0.3 is 79.7 Å². The van der Waals surface area contributed by atoms with Crippen LogP contribution < -0.4 is 3.07 Å². The van der Waals surface area contributed by atoms with E-state index < -0.39 is 28.3 Å². The van der Waals surface area contributed by atoms with Crippen molar-refractivity contribution < 1.29 is 28.3 Å². The number of nitrogens with zero attached hydrogens (tertiary/aromatic N) is 1. The standard InChI is InChI=1S/C6H3NO2.ClH.Hg/c8-7(9)6-4-2-1-3-5-6;;/h2,4-5H;1H;/q;;+1/p-1. The van der Waals surface area contributed by atoms with Gasteiger partial charge in [-0.2, -0.15) is 0 Å². The summed E-state index contributed by atoms with van der Waals surface area (Å²) in [5.74, 6) is 0. The van der Waals surface area contributed by atoms with Gasteiger partial charge < -0.3 is 0 Å². The first-order chi connectivity index (χ1) is 5.24. The molecule has 1 rings (SSSR count). The molecule has 0 heterocycles. The first kappa shape index (κ1) is 8.94. The van der Waals surface area contributed by atoms with E-state index >= 15 is 0 Å². The first-order valence-corrected chi connectivity index (χ1v) is 12.5. The van der Waals surface area contributed by atoms with E-state index in [2.05, 4.69) is 6.07 Å². The summed E-state index contributed by atoms with van der Waals surface area (Å²) in [6.07, 6.45) is 0. The van der Waals surface area contributed by atoms with Gasteiger partial charge in [0.2, 0.25) is 0 Å². The molecule has 0 unspecified atom stereocenters. The maximum absolute atomic E-state index is 10.2. The summed E-state index contributed by atoms with van der Waals surface area (Å²) >= 11 is -1.51. The van der Waals surface area contributed by atoms with Gasteiger partial charge in [0, 0.05) is 0 Å². The van der Waals surface area contributed by atoms with Gasteiger partial charge in [-0.05, 0) is 0 Å².